The second-order valence-corrected chi connectivity index (χ2v) is 6.82. The van der Waals surface area contributed by atoms with Crippen LogP contribution in [0.5, 0.6) is 0 Å². The van der Waals surface area contributed by atoms with Gasteiger partial charge in [0.15, 0.2) is 0 Å². The SMILES string of the molecule is COCC1CCC(c2ccc(C3CC=CCC3)cc2)CC1. The summed E-state index contributed by atoms with van der Waals surface area (Å²) >= 11 is 0. The first-order chi connectivity index (χ1) is 10.4. The van der Waals surface area contributed by atoms with Gasteiger partial charge in [0.1, 0.15) is 0 Å². The summed E-state index contributed by atoms with van der Waals surface area (Å²) in [6.07, 6.45) is 13.8. The molecule has 2 aliphatic rings. The lowest BCUT2D eigenvalue weighted by Gasteiger charge is -2.28. The van der Waals surface area contributed by atoms with Crippen molar-refractivity contribution in [1.82, 2.24) is 0 Å². The Labute approximate surface area is 129 Å². The third kappa shape index (κ3) is 3.77. The van der Waals surface area contributed by atoms with Crippen LogP contribution < -0.4 is 0 Å². The minimum atomic E-state index is 0.751. The van der Waals surface area contributed by atoms with Crippen LogP contribution in [0.4, 0.5) is 0 Å². The Balaban J connectivity index is 1.58. The van der Waals surface area contributed by atoms with Crippen LogP contribution in [0.2, 0.25) is 0 Å². The molecule has 0 aliphatic heterocycles. The van der Waals surface area contributed by atoms with E-state index >= 15 is 0 Å². The van der Waals surface area contributed by atoms with Crippen molar-refractivity contribution in [3.05, 3.63) is 47.5 Å². The van der Waals surface area contributed by atoms with Crippen molar-refractivity contribution in [2.24, 2.45) is 5.92 Å². The van der Waals surface area contributed by atoms with Gasteiger partial charge in [-0.25, -0.2) is 0 Å². The zero-order chi connectivity index (χ0) is 14.5. The van der Waals surface area contributed by atoms with E-state index in [0.717, 1.165) is 24.4 Å². The zero-order valence-electron chi connectivity index (χ0n) is 13.3. The Kier molecular flexibility index (Phi) is 5.13. The highest BCUT2D eigenvalue weighted by atomic mass is 16.5. The van der Waals surface area contributed by atoms with Crippen molar-refractivity contribution < 1.29 is 4.74 Å². The molecule has 1 nitrogen and oxygen atoms in total. The van der Waals surface area contributed by atoms with Gasteiger partial charge in [-0.15, -0.1) is 0 Å². The molecule has 0 spiro atoms. The van der Waals surface area contributed by atoms with Crippen molar-refractivity contribution in [3.63, 3.8) is 0 Å². The van der Waals surface area contributed by atoms with Gasteiger partial charge < -0.3 is 4.74 Å². The summed E-state index contributed by atoms with van der Waals surface area (Å²) in [6.45, 7) is 0.945. The fraction of sp³-hybridized carbons (Fsp3) is 0.600. The number of benzene rings is 1. The fourth-order valence-corrected chi connectivity index (χ4v) is 4.03. The lowest BCUT2D eigenvalue weighted by atomic mass is 9.78. The highest BCUT2D eigenvalue weighted by molar-refractivity contribution is 5.29. The van der Waals surface area contributed by atoms with Crippen LogP contribution in [0, 0.1) is 5.92 Å². The van der Waals surface area contributed by atoms with Crippen molar-refractivity contribution in [2.45, 2.75) is 56.8 Å². The summed E-state index contributed by atoms with van der Waals surface area (Å²) in [5.41, 5.74) is 3.09. The number of hydrogen-bond donors (Lipinski definition) is 0. The predicted molar refractivity (Wildman–Crippen MR) is 88.7 cm³/mol. The average molecular weight is 284 g/mol. The maximum Gasteiger partial charge on any atom is 0.0490 e. The molecule has 1 aromatic rings. The summed E-state index contributed by atoms with van der Waals surface area (Å²) in [4.78, 5) is 0. The molecule has 3 rings (SSSR count). The molecule has 0 heterocycles. The molecule has 114 valence electrons. The zero-order valence-corrected chi connectivity index (χ0v) is 13.3. The highest BCUT2D eigenvalue weighted by Gasteiger charge is 2.22. The minimum absolute atomic E-state index is 0.751. The van der Waals surface area contributed by atoms with Gasteiger partial charge in [-0.05, 0) is 73.8 Å². The summed E-state index contributed by atoms with van der Waals surface area (Å²) in [5, 5.41) is 0. The van der Waals surface area contributed by atoms with E-state index in [0.29, 0.717) is 0 Å². The maximum atomic E-state index is 5.30. The van der Waals surface area contributed by atoms with Gasteiger partial charge in [-0.1, -0.05) is 36.4 Å². The summed E-state index contributed by atoms with van der Waals surface area (Å²) < 4.78 is 5.30. The molecular formula is C20H28O. The van der Waals surface area contributed by atoms with E-state index in [1.807, 2.05) is 7.11 Å². The first-order valence-electron chi connectivity index (χ1n) is 8.60. The number of methoxy groups -OCH3 is 1. The van der Waals surface area contributed by atoms with Crippen molar-refractivity contribution in [1.29, 1.82) is 0 Å². The van der Waals surface area contributed by atoms with Crippen LogP contribution in [0.1, 0.15) is 67.9 Å². The topological polar surface area (TPSA) is 9.23 Å². The number of allylic oxidation sites excluding steroid dienone is 2. The number of rotatable bonds is 4. The van der Waals surface area contributed by atoms with Crippen molar-refractivity contribution in [3.8, 4) is 0 Å². The molecule has 1 atom stereocenters. The summed E-state index contributed by atoms with van der Waals surface area (Å²) in [5.74, 6) is 2.32. The number of hydrogen-bond acceptors (Lipinski definition) is 1. The van der Waals surface area contributed by atoms with Gasteiger partial charge in [-0.3, -0.25) is 0 Å². The van der Waals surface area contributed by atoms with Gasteiger partial charge in [0.2, 0.25) is 0 Å². The van der Waals surface area contributed by atoms with Gasteiger partial charge >= 0.3 is 0 Å². The molecule has 0 saturated heterocycles. The van der Waals surface area contributed by atoms with Crippen LogP contribution in [0.3, 0.4) is 0 Å². The van der Waals surface area contributed by atoms with Gasteiger partial charge in [0, 0.05) is 13.7 Å². The molecule has 0 aromatic heterocycles. The van der Waals surface area contributed by atoms with E-state index in [-0.39, 0.29) is 0 Å². The predicted octanol–water partition coefficient (Wildman–Crippen LogP) is 5.43. The highest BCUT2D eigenvalue weighted by Crippen LogP contribution is 2.37. The van der Waals surface area contributed by atoms with Gasteiger partial charge in [0.25, 0.3) is 0 Å². The molecular weight excluding hydrogens is 256 g/mol. The first kappa shape index (κ1) is 14.8. The Morgan fingerprint density at radius 1 is 0.857 bits per heavy atom. The normalized spacial score (nSPS) is 29.5. The largest absolute Gasteiger partial charge is 0.384 e. The first-order valence-corrected chi connectivity index (χ1v) is 8.60. The monoisotopic (exact) mass is 284 g/mol. The van der Waals surface area contributed by atoms with Crippen LogP contribution in [0.25, 0.3) is 0 Å². The molecule has 2 aliphatic carbocycles. The van der Waals surface area contributed by atoms with Gasteiger partial charge in [-0.2, -0.15) is 0 Å². The maximum absolute atomic E-state index is 5.30. The smallest absolute Gasteiger partial charge is 0.0490 e. The second-order valence-electron chi connectivity index (χ2n) is 6.82. The van der Waals surface area contributed by atoms with E-state index in [1.165, 1.54) is 50.5 Å². The van der Waals surface area contributed by atoms with E-state index in [4.69, 9.17) is 4.74 Å². The Morgan fingerprint density at radius 2 is 1.52 bits per heavy atom. The standard InChI is InChI=1S/C20H28O/c1-21-15-16-7-9-18(10-8-16)20-13-11-19(12-14-20)17-5-3-2-4-6-17/h2-3,11-14,16-18H,4-10,15H2,1H3. The van der Waals surface area contributed by atoms with E-state index in [1.54, 1.807) is 5.56 Å². The number of ether oxygens (including phenoxy) is 1. The third-order valence-electron chi connectivity index (χ3n) is 5.40. The molecule has 1 unspecified atom stereocenters. The Morgan fingerprint density at radius 3 is 2.10 bits per heavy atom. The molecule has 1 aromatic carbocycles. The molecule has 0 amide bonds. The van der Waals surface area contributed by atoms with Crippen LogP contribution >= 0.6 is 0 Å². The average Bonchev–Trinajstić information content (AvgIpc) is 2.57. The van der Waals surface area contributed by atoms with Crippen LogP contribution in [-0.4, -0.2) is 13.7 Å². The van der Waals surface area contributed by atoms with Crippen molar-refractivity contribution >= 4 is 0 Å². The quantitative estimate of drug-likeness (QED) is 0.670. The lowest BCUT2D eigenvalue weighted by molar-refractivity contribution is 0.127. The van der Waals surface area contributed by atoms with E-state index in [2.05, 4.69) is 36.4 Å². The Bertz CT molecular complexity index is 451. The minimum Gasteiger partial charge on any atom is -0.384 e. The lowest BCUT2D eigenvalue weighted by Crippen LogP contribution is -2.17. The molecule has 0 radical (unpaired) electrons. The summed E-state index contributed by atoms with van der Waals surface area (Å²) in [7, 11) is 1.82. The molecule has 1 saturated carbocycles. The molecule has 21 heavy (non-hydrogen) atoms. The van der Waals surface area contributed by atoms with Crippen LogP contribution in [-0.2, 0) is 4.74 Å². The molecule has 1 heteroatoms. The fourth-order valence-electron chi connectivity index (χ4n) is 4.03. The van der Waals surface area contributed by atoms with Gasteiger partial charge in [0.05, 0.1) is 0 Å². The molecule has 1 fully saturated rings. The van der Waals surface area contributed by atoms with E-state index < -0.39 is 0 Å². The van der Waals surface area contributed by atoms with E-state index in [9.17, 15) is 0 Å². The molecule has 0 N–H and O–H groups in total. The third-order valence-corrected chi connectivity index (χ3v) is 5.40. The second kappa shape index (κ2) is 7.26. The Hall–Kier alpha value is -1.08. The summed E-state index contributed by atoms with van der Waals surface area (Å²) in [6, 6.07) is 9.57. The molecule has 0 bridgehead atoms. The van der Waals surface area contributed by atoms with Crippen LogP contribution in [0.15, 0.2) is 36.4 Å². The van der Waals surface area contributed by atoms with Crippen molar-refractivity contribution in [2.75, 3.05) is 13.7 Å².